The monoisotopic (exact) mass is 438 g/mol. The van der Waals surface area contributed by atoms with Crippen molar-refractivity contribution in [2.75, 3.05) is 26.3 Å². The van der Waals surface area contributed by atoms with Gasteiger partial charge < -0.3 is 25.5 Å². The molecule has 1 heterocycles. The molecule has 0 bridgehead atoms. The van der Waals surface area contributed by atoms with Crippen molar-refractivity contribution in [1.29, 1.82) is 0 Å². The molecule has 0 atom stereocenters. The minimum absolute atomic E-state index is 0. The number of nitrogens with zero attached hydrogens (tertiary/aromatic N) is 1. The molecule has 0 aromatic carbocycles. The highest BCUT2D eigenvalue weighted by Gasteiger charge is 2.06. The SMILES string of the molecule is CCNC(=NCc1ccc(C(N)=O)o1)NCCCCOCC.I. The molecule has 0 aliphatic carbocycles. The summed E-state index contributed by atoms with van der Waals surface area (Å²) in [6.45, 7) is 7.49. The summed E-state index contributed by atoms with van der Waals surface area (Å²) in [6, 6.07) is 3.26. The van der Waals surface area contributed by atoms with Crippen molar-refractivity contribution in [3.05, 3.63) is 23.7 Å². The van der Waals surface area contributed by atoms with E-state index >= 15 is 0 Å². The number of hydrogen-bond donors (Lipinski definition) is 3. The summed E-state index contributed by atoms with van der Waals surface area (Å²) in [6.07, 6.45) is 2.03. The molecule has 1 aromatic rings. The zero-order valence-electron chi connectivity index (χ0n) is 13.8. The van der Waals surface area contributed by atoms with E-state index in [1.165, 1.54) is 0 Å². The van der Waals surface area contributed by atoms with Crippen LogP contribution in [0.4, 0.5) is 0 Å². The van der Waals surface area contributed by atoms with Crippen LogP contribution >= 0.6 is 24.0 Å². The van der Waals surface area contributed by atoms with Gasteiger partial charge in [0.15, 0.2) is 11.7 Å². The minimum Gasteiger partial charge on any atom is -0.454 e. The lowest BCUT2D eigenvalue weighted by Gasteiger charge is -2.10. The summed E-state index contributed by atoms with van der Waals surface area (Å²) in [5.41, 5.74) is 5.14. The van der Waals surface area contributed by atoms with Gasteiger partial charge in [-0.2, -0.15) is 0 Å². The van der Waals surface area contributed by atoms with Crippen molar-refractivity contribution in [2.24, 2.45) is 10.7 Å². The molecule has 0 aliphatic heterocycles. The maximum absolute atomic E-state index is 11.0. The van der Waals surface area contributed by atoms with Crippen LogP contribution in [0, 0.1) is 0 Å². The van der Waals surface area contributed by atoms with Gasteiger partial charge in [0.1, 0.15) is 12.3 Å². The number of carbonyl (C=O) groups excluding carboxylic acids is 1. The second-order valence-electron chi connectivity index (χ2n) is 4.66. The normalized spacial score (nSPS) is 11.0. The first-order valence-corrected chi connectivity index (χ1v) is 7.65. The van der Waals surface area contributed by atoms with E-state index in [1.807, 2.05) is 13.8 Å². The number of hydrogen-bond acceptors (Lipinski definition) is 4. The summed E-state index contributed by atoms with van der Waals surface area (Å²) < 4.78 is 10.6. The summed E-state index contributed by atoms with van der Waals surface area (Å²) in [7, 11) is 0. The molecule has 4 N–H and O–H groups in total. The van der Waals surface area contributed by atoms with E-state index < -0.39 is 5.91 Å². The van der Waals surface area contributed by atoms with Gasteiger partial charge in [0, 0.05) is 26.3 Å². The molecular formula is C15H27IN4O3. The van der Waals surface area contributed by atoms with Crippen LogP contribution in [0.3, 0.4) is 0 Å². The van der Waals surface area contributed by atoms with Gasteiger partial charge in [-0.15, -0.1) is 24.0 Å². The van der Waals surface area contributed by atoms with E-state index in [2.05, 4.69) is 15.6 Å². The van der Waals surface area contributed by atoms with Crippen LogP contribution in [0.15, 0.2) is 21.5 Å². The van der Waals surface area contributed by atoms with Crippen molar-refractivity contribution >= 4 is 35.8 Å². The Bertz CT molecular complexity index is 477. The summed E-state index contributed by atoms with van der Waals surface area (Å²) in [5.74, 6) is 0.895. The standard InChI is InChI=1S/C15H26N4O3.HI/c1-3-17-15(18-9-5-6-10-21-4-2)19-11-12-7-8-13(22-12)14(16)20;/h7-8H,3-6,9-11H2,1-2H3,(H2,16,20)(H2,17,18,19);1H. The van der Waals surface area contributed by atoms with Crippen LogP contribution < -0.4 is 16.4 Å². The van der Waals surface area contributed by atoms with E-state index in [1.54, 1.807) is 12.1 Å². The zero-order valence-corrected chi connectivity index (χ0v) is 16.1. The Morgan fingerprint density at radius 3 is 2.70 bits per heavy atom. The van der Waals surface area contributed by atoms with Gasteiger partial charge in [-0.05, 0) is 38.8 Å². The van der Waals surface area contributed by atoms with E-state index in [4.69, 9.17) is 14.9 Å². The Morgan fingerprint density at radius 2 is 2.09 bits per heavy atom. The lowest BCUT2D eigenvalue weighted by atomic mass is 10.3. The third-order valence-corrected chi connectivity index (χ3v) is 2.85. The molecule has 0 aliphatic rings. The topological polar surface area (TPSA) is 102 Å². The van der Waals surface area contributed by atoms with Crippen molar-refractivity contribution in [3.63, 3.8) is 0 Å². The largest absolute Gasteiger partial charge is 0.454 e. The Kier molecular flexibility index (Phi) is 12.4. The Balaban J connectivity index is 0.00000484. The fourth-order valence-electron chi connectivity index (χ4n) is 1.77. The van der Waals surface area contributed by atoms with Crippen molar-refractivity contribution in [1.82, 2.24) is 10.6 Å². The van der Waals surface area contributed by atoms with Crippen LogP contribution in [0.25, 0.3) is 0 Å². The van der Waals surface area contributed by atoms with E-state index in [0.717, 1.165) is 45.1 Å². The second-order valence-corrected chi connectivity index (χ2v) is 4.66. The van der Waals surface area contributed by atoms with Gasteiger partial charge in [0.05, 0.1) is 0 Å². The van der Waals surface area contributed by atoms with E-state index in [9.17, 15) is 4.79 Å². The third-order valence-electron chi connectivity index (χ3n) is 2.85. The first kappa shape index (κ1) is 21.7. The number of ether oxygens (including phenoxy) is 1. The number of carbonyl (C=O) groups is 1. The molecular weight excluding hydrogens is 411 g/mol. The van der Waals surface area contributed by atoms with Gasteiger partial charge in [-0.1, -0.05) is 0 Å². The molecule has 1 aromatic heterocycles. The summed E-state index contributed by atoms with van der Waals surface area (Å²) >= 11 is 0. The predicted octanol–water partition coefficient (Wildman–Crippen LogP) is 1.87. The lowest BCUT2D eigenvalue weighted by Crippen LogP contribution is -2.37. The molecule has 7 nitrogen and oxygen atoms in total. The van der Waals surface area contributed by atoms with Crippen LogP contribution in [-0.4, -0.2) is 38.2 Å². The number of aliphatic imine (C=N–C) groups is 1. The van der Waals surface area contributed by atoms with Gasteiger partial charge in [0.25, 0.3) is 5.91 Å². The number of guanidine groups is 1. The molecule has 1 amide bonds. The fourth-order valence-corrected chi connectivity index (χ4v) is 1.77. The molecule has 0 saturated heterocycles. The molecule has 0 fully saturated rings. The van der Waals surface area contributed by atoms with Gasteiger partial charge >= 0.3 is 0 Å². The Hall–Kier alpha value is -1.29. The van der Waals surface area contributed by atoms with Crippen LogP contribution in [0.5, 0.6) is 0 Å². The van der Waals surface area contributed by atoms with Crippen molar-refractivity contribution in [3.8, 4) is 0 Å². The molecule has 23 heavy (non-hydrogen) atoms. The minimum atomic E-state index is -0.574. The van der Waals surface area contributed by atoms with Crippen molar-refractivity contribution in [2.45, 2.75) is 33.2 Å². The van der Waals surface area contributed by atoms with Crippen molar-refractivity contribution < 1.29 is 13.9 Å². The predicted molar refractivity (Wildman–Crippen MR) is 101 cm³/mol. The molecule has 0 spiro atoms. The number of amides is 1. The smallest absolute Gasteiger partial charge is 0.284 e. The number of rotatable bonds is 10. The summed E-state index contributed by atoms with van der Waals surface area (Å²) in [4.78, 5) is 15.4. The highest BCUT2D eigenvalue weighted by molar-refractivity contribution is 14.0. The molecule has 0 radical (unpaired) electrons. The number of nitrogens with one attached hydrogen (secondary N) is 2. The van der Waals surface area contributed by atoms with Crippen LogP contribution in [0.2, 0.25) is 0 Å². The Morgan fingerprint density at radius 1 is 1.30 bits per heavy atom. The number of halogens is 1. The average Bonchev–Trinajstić information content (AvgIpc) is 2.97. The molecule has 0 unspecified atom stereocenters. The highest BCUT2D eigenvalue weighted by Crippen LogP contribution is 2.08. The van der Waals surface area contributed by atoms with Crippen LogP contribution in [0.1, 0.15) is 43.0 Å². The number of furan rings is 1. The quantitative estimate of drug-likeness (QED) is 0.224. The second kappa shape index (κ2) is 13.2. The third kappa shape index (κ3) is 9.44. The van der Waals surface area contributed by atoms with Crippen LogP contribution in [-0.2, 0) is 11.3 Å². The molecule has 8 heteroatoms. The first-order valence-electron chi connectivity index (χ1n) is 7.65. The fraction of sp³-hybridized carbons (Fsp3) is 0.600. The number of nitrogens with two attached hydrogens (primary N) is 1. The number of unbranched alkanes of at least 4 members (excludes halogenated alkanes) is 1. The number of primary amides is 1. The van der Waals surface area contributed by atoms with E-state index in [0.29, 0.717) is 12.3 Å². The highest BCUT2D eigenvalue weighted by atomic mass is 127. The maximum Gasteiger partial charge on any atom is 0.284 e. The maximum atomic E-state index is 11.0. The summed E-state index contributed by atoms with van der Waals surface area (Å²) in [5, 5.41) is 6.41. The molecule has 1 rings (SSSR count). The molecule has 0 saturated carbocycles. The van der Waals surface area contributed by atoms with E-state index in [-0.39, 0.29) is 29.7 Å². The average molecular weight is 438 g/mol. The lowest BCUT2D eigenvalue weighted by molar-refractivity contribution is 0.0972. The Labute approximate surface area is 154 Å². The molecule has 132 valence electrons. The van der Waals surface area contributed by atoms with Gasteiger partial charge in [-0.25, -0.2) is 4.99 Å². The zero-order chi connectivity index (χ0) is 16.2. The van der Waals surface area contributed by atoms with Gasteiger partial charge in [0.2, 0.25) is 0 Å². The first-order chi connectivity index (χ1) is 10.7. The van der Waals surface area contributed by atoms with Gasteiger partial charge in [-0.3, -0.25) is 4.79 Å².